The van der Waals surface area contributed by atoms with Crippen LogP contribution in [0.3, 0.4) is 0 Å². The van der Waals surface area contributed by atoms with E-state index < -0.39 is 5.92 Å². The first-order chi connectivity index (χ1) is 8.55. The Morgan fingerprint density at radius 1 is 1.44 bits per heavy atom. The Hall–Kier alpha value is -1.52. The summed E-state index contributed by atoms with van der Waals surface area (Å²) in [6.07, 6.45) is 4.15. The molecule has 0 atom stereocenters. The van der Waals surface area contributed by atoms with E-state index in [0.717, 1.165) is 0 Å². The molecule has 0 aliphatic heterocycles. The predicted octanol–water partition coefficient (Wildman–Crippen LogP) is 3.24. The van der Waals surface area contributed by atoms with Crippen LogP contribution in [-0.4, -0.2) is 16.8 Å². The summed E-state index contributed by atoms with van der Waals surface area (Å²) in [5.74, 6) is -2.59. The molecule has 1 N–H and O–H groups in total. The summed E-state index contributed by atoms with van der Waals surface area (Å²) in [5, 5.41) is 2.72. The summed E-state index contributed by atoms with van der Waals surface area (Å²) in [5.41, 5.74) is 0.642. The van der Waals surface area contributed by atoms with Crippen molar-refractivity contribution in [1.29, 1.82) is 0 Å². The predicted molar refractivity (Wildman–Crippen MR) is 64.4 cm³/mol. The van der Waals surface area contributed by atoms with Crippen molar-refractivity contribution in [2.75, 3.05) is 5.32 Å². The second-order valence-corrected chi connectivity index (χ2v) is 4.79. The van der Waals surface area contributed by atoms with Gasteiger partial charge in [0.15, 0.2) is 0 Å². The number of alkyl halides is 2. The van der Waals surface area contributed by atoms with Gasteiger partial charge in [-0.15, -0.1) is 0 Å². The first-order valence-corrected chi connectivity index (χ1v) is 6.13. The molecule has 98 valence electrons. The van der Waals surface area contributed by atoms with Gasteiger partial charge in [0.2, 0.25) is 11.8 Å². The van der Waals surface area contributed by atoms with E-state index in [4.69, 9.17) is 0 Å². The van der Waals surface area contributed by atoms with E-state index in [1.165, 1.54) is 0 Å². The molecule has 5 heteroatoms. The molecule has 1 aromatic rings. The minimum absolute atomic E-state index is 0.0706. The van der Waals surface area contributed by atoms with Crippen LogP contribution < -0.4 is 5.32 Å². The number of carbonyl (C=O) groups excluding carboxylic acids is 1. The summed E-state index contributed by atoms with van der Waals surface area (Å²) in [6.45, 7) is 0. The minimum atomic E-state index is -2.53. The van der Waals surface area contributed by atoms with Gasteiger partial charge in [-0.25, -0.2) is 8.78 Å². The Balaban J connectivity index is 1.79. The highest BCUT2D eigenvalue weighted by atomic mass is 19.3. The van der Waals surface area contributed by atoms with E-state index in [9.17, 15) is 13.6 Å². The Morgan fingerprint density at radius 2 is 2.17 bits per heavy atom. The fourth-order valence-electron chi connectivity index (χ4n) is 2.21. The zero-order chi connectivity index (χ0) is 13.0. The molecule has 2 rings (SSSR count). The highest BCUT2D eigenvalue weighted by Crippen LogP contribution is 2.37. The Kier molecular flexibility index (Phi) is 3.89. The van der Waals surface area contributed by atoms with Crippen LogP contribution in [0.1, 0.15) is 32.1 Å². The summed E-state index contributed by atoms with van der Waals surface area (Å²) in [4.78, 5) is 15.6. The molecular formula is C13H16F2N2O. The third kappa shape index (κ3) is 3.75. The van der Waals surface area contributed by atoms with Gasteiger partial charge in [-0.1, -0.05) is 0 Å². The average molecular weight is 254 g/mol. The average Bonchev–Trinajstić information content (AvgIpc) is 2.33. The maximum absolute atomic E-state index is 13.0. The van der Waals surface area contributed by atoms with E-state index in [0.29, 0.717) is 24.9 Å². The van der Waals surface area contributed by atoms with Crippen molar-refractivity contribution in [3.8, 4) is 0 Å². The normalized spacial score (nSPS) is 19.4. The second kappa shape index (κ2) is 5.42. The topological polar surface area (TPSA) is 42.0 Å². The summed E-state index contributed by atoms with van der Waals surface area (Å²) in [7, 11) is 0. The van der Waals surface area contributed by atoms with Gasteiger partial charge in [0.25, 0.3) is 0 Å². The van der Waals surface area contributed by atoms with Gasteiger partial charge >= 0.3 is 0 Å². The molecule has 3 nitrogen and oxygen atoms in total. The lowest BCUT2D eigenvalue weighted by Gasteiger charge is -2.27. The molecule has 0 spiro atoms. The fraction of sp³-hybridized carbons (Fsp3) is 0.538. The standard InChI is InChI=1S/C13H16F2N2O/c14-13(15)5-3-10(4-6-13)8-12(18)17-11-2-1-7-16-9-11/h1-2,7,9-10H,3-6,8H2,(H,17,18). The molecule has 1 saturated carbocycles. The summed E-state index contributed by atoms with van der Waals surface area (Å²) in [6, 6.07) is 3.48. The number of hydrogen-bond donors (Lipinski definition) is 1. The number of aromatic nitrogens is 1. The third-order valence-electron chi connectivity index (χ3n) is 3.26. The molecule has 0 unspecified atom stereocenters. The quantitative estimate of drug-likeness (QED) is 0.899. The van der Waals surface area contributed by atoms with E-state index in [1.54, 1.807) is 24.5 Å². The molecular weight excluding hydrogens is 238 g/mol. The third-order valence-corrected chi connectivity index (χ3v) is 3.26. The maximum Gasteiger partial charge on any atom is 0.248 e. The van der Waals surface area contributed by atoms with E-state index in [1.807, 2.05) is 0 Å². The molecule has 1 fully saturated rings. The lowest BCUT2D eigenvalue weighted by atomic mass is 9.84. The number of pyridine rings is 1. The molecule has 1 aliphatic carbocycles. The number of rotatable bonds is 3. The van der Waals surface area contributed by atoms with E-state index in [2.05, 4.69) is 10.3 Å². The molecule has 0 radical (unpaired) electrons. The number of amides is 1. The van der Waals surface area contributed by atoms with Crippen LogP contribution >= 0.6 is 0 Å². The van der Waals surface area contributed by atoms with E-state index in [-0.39, 0.29) is 24.7 Å². The number of nitrogens with one attached hydrogen (secondary N) is 1. The maximum atomic E-state index is 13.0. The zero-order valence-electron chi connectivity index (χ0n) is 10.0. The lowest BCUT2D eigenvalue weighted by Crippen LogP contribution is -2.27. The molecule has 1 aliphatic rings. The number of nitrogens with zero attached hydrogens (tertiary/aromatic N) is 1. The molecule has 1 aromatic heterocycles. The van der Waals surface area contributed by atoms with Gasteiger partial charge in [-0.05, 0) is 30.9 Å². The highest BCUT2D eigenvalue weighted by Gasteiger charge is 2.35. The van der Waals surface area contributed by atoms with Crippen LogP contribution in [0.25, 0.3) is 0 Å². The first kappa shape index (κ1) is 12.9. The molecule has 0 saturated heterocycles. The minimum Gasteiger partial charge on any atom is -0.325 e. The van der Waals surface area contributed by atoms with Crippen molar-refractivity contribution in [1.82, 2.24) is 4.98 Å². The van der Waals surface area contributed by atoms with Crippen molar-refractivity contribution in [2.45, 2.75) is 38.0 Å². The van der Waals surface area contributed by atoms with Gasteiger partial charge in [0, 0.05) is 25.5 Å². The number of halogens is 2. The van der Waals surface area contributed by atoms with Crippen LogP contribution in [0.4, 0.5) is 14.5 Å². The van der Waals surface area contributed by atoms with Crippen molar-refractivity contribution in [2.24, 2.45) is 5.92 Å². The number of hydrogen-bond acceptors (Lipinski definition) is 2. The Morgan fingerprint density at radius 3 is 2.78 bits per heavy atom. The smallest absolute Gasteiger partial charge is 0.248 e. The number of carbonyl (C=O) groups is 1. The summed E-state index contributed by atoms with van der Waals surface area (Å²) < 4.78 is 25.9. The molecule has 0 aromatic carbocycles. The van der Waals surface area contributed by atoms with Gasteiger partial charge < -0.3 is 5.32 Å². The van der Waals surface area contributed by atoms with Crippen molar-refractivity contribution in [3.05, 3.63) is 24.5 Å². The monoisotopic (exact) mass is 254 g/mol. The van der Waals surface area contributed by atoms with Crippen LogP contribution in [0.5, 0.6) is 0 Å². The van der Waals surface area contributed by atoms with Crippen LogP contribution in [0, 0.1) is 5.92 Å². The lowest BCUT2D eigenvalue weighted by molar-refractivity contribution is -0.118. The van der Waals surface area contributed by atoms with Gasteiger partial charge in [0.1, 0.15) is 0 Å². The van der Waals surface area contributed by atoms with E-state index >= 15 is 0 Å². The van der Waals surface area contributed by atoms with Crippen molar-refractivity contribution in [3.63, 3.8) is 0 Å². The fourth-order valence-corrected chi connectivity index (χ4v) is 2.21. The number of anilines is 1. The first-order valence-electron chi connectivity index (χ1n) is 6.13. The SMILES string of the molecule is O=C(CC1CCC(F)(F)CC1)Nc1cccnc1. The zero-order valence-corrected chi connectivity index (χ0v) is 10.0. The largest absolute Gasteiger partial charge is 0.325 e. The van der Waals surface area contributed by atoms with Crippen LogP contribution in [0.15, 0.2) is 24.5 Å². The van der Waals surface area contributed by atoms with Crippen LogP contribution in [0.2, 0.25) is 0 Å². The summed E-state index contributed by atoms with van der Waals surface area (Å²) >= 11 is 0. The van der Waals surface area contributed by atoms with Gasteiger partial charge in [0.05, 0.1) is 11.9 Å². The Bertz CT molecular complexity index is 399. The molecule has 1 amide bonds. The highest BCUT2D eigenvalue weighted by molar-refractivity contribution is 5.90. The molecule has 1 heterocycles. The molecule has 0 bridgehead atoms. The van der Waals surface area contributed by atoms with Gasteiger partial charge in [-0.3, -0.25) is 9.78 Å². The van der Waals surface area contributed by atoms with Crippen molar-refractivity contribution >= 4 is 11.6 Å². The Labute approximate surface area is 105 Å². The van der Waals surface area contributed by atoms with Gasteiger partial charge in [-0.2, -0.15) is 0 Å². The van der Waals surface area contributed by atoms with Crippen LogP contribution in [-0.2, 0) is 4.79 Å². The molecule has 18 heavy (non-hydrogen) atoms. The second-order valence-electron chi connectivity index (χ2n) is 4.79. The van der Waals surface area contributed by atoms with Crippen molar-refractivity contribution < 1.29 is 13.6 Å².